The van der Waals surface area contributed by atoms with E-state index in [1.165, 1.54) is 0 Å². The number of ether oxygens (including phenoxy) is 1. The van der Waals surface area contributed by atoms with Crippen LogP contribution in [0.5, 0.6) is 0 Å². The maximum Gasteiger partial charge on any atom is 0.226 e. The zero-order valence-electron chi connectivity index (χ0n) is 18.0. The summed E-state index contributed by atoms with van der Waals surface area (Å²) in [7, 11) is 0. The number of nitrogens with zero attached hydrogens (tertiary/aromatic N) is 3. The highest BCUT2D eigenvalue weighted by atomic mass is 35.5. The summed E-state index contributed by atoms with van der Waals surface area (Å²) in [5.74, 6) is 0.215. The van der Waals surface area contributed by atoms with E-state index < -0.39 is 5.60 Å². The van der Waals surface area contributed by atoms with E-state index in [9.17, 15) is 9.90 Å². The molecule has 4 rings (SSSR count). The van der Waals surface area contributed by atoms with E-state index in [-0.39, 0.29) is 42.7 Å². The molecule has 0 aromatic carbocycles. The van der Waals surface area contributed by atoms with Crippen molar-refractivity contribution < 1.29 is 14.6 Å². The summed E-state index contributed by atoms with van der Waals surface area (Å²) in [6, 6.07) is 6.23. The fourth-order valence-electron chi connectivity index (χ4n) is 5.06. The Hall–Kier alpha value is -0.960. The van der Waals surface area contributed by atoms with E-state index in [2.05, 4.69) is 9.88 Å². The number of rotatable bonds is 3. The fourth-order valence-corrected chi connectivity index (χ4v) is 5.06. The quantitative estimate of drug-likeness (QED) is 0.695. The molecule has 2 atom stereocenters. The Morgan fingerprint density at radius 1 is 1.10 bits per heavy atom. The molecular weight excluding hydrogens is 439 g/mol. The summed E-state index contributed by atoms with van der Waals surface area (Å²) < 4.78 is 5.51. The van der Waals surface area contributed by atoms with Crippen molar-refractivity contribution in [3.8, 4) is 0 Å². The molecule has 3 saturated heterocycles. The number of amides is 1. The molecule has 0 unspecified atom stereocenters. The lowest BCUT2D eigenvalue weighted by Crippen LogP contribution is -2.50. The normalized spacial score (nSPS) is 27.5. The number of pyridine rings is 1. The highest BCUT2D eigenvalue weighted by Crippen LogP contribution is 2.33. The van der Waals surface area contributed by atoms with Gasteiger partial charge in [0, 0.05) is 57.7 Å². The number of halogens is 2. The van der Waals surface area contributed by atoms with E-state index in [4.69, 9.17) is 10.5 Å². The lowest BCUT2D eigenvalue weighted by molar-refractivity contribution is -0.141. The lowest BCUT2D eigenvalue weighted by Gasteiger charge is -2.40. The number of aliphatic hydroxyl groups is 1. The molecule has 3 N–H and O–H groups in total. The second-order valence-corrected chi connectivity index (χ2v) is 8.90. The molecule has 3 aliphatic rings. The zero-order valence-corrected chi connectivity index (χ0v) is 19.7. The lowest BCUT2D eigenvalue weighted by atomic mass is 9.87. The van der Waals surface area contributed by atoms with Crippen LogP contribution >= 0.6 is 24.8 Å². The van der Waals surface area contributed by atoms with Crippen molar-refractivity contribution in [2.75, 3.05) is 39.4 Å². The molecule has 0 radical (unpaired) electrons. The molecule has 0 aliphatic carbocycles. The highest BCUT2D eigenvalue weighted by molar-refractivity contribution is 5.85. The molecule has 0 spiro atoms. The first kappa shape index (κ1) is 26.3. The van der Waals surface area contributed by atoms with Gasteiger partial charge in [-0.15, -0.1) is 24.8 Å². The van der Waals surface area contributed by atoms with Crippen LogP contribution in [-0.4, -0.2) is 77.3 Å². The number of carbonyl (C=O) groups is 1. The van der Waals surface area contributed by atoms with Crippen LogP contribution in [0, 0.1) is 5.92 Å². The SMILES string of the molecule is Cl.Cl.N[C@H]1CC[C@@H](C(=O)N2CCC(O)(c3ccccn3)CC2)CN(C2CCOCC2)C1. The van der Waals surface area contributed by atoms with Crippen molar-refractivity contribution in [1.82, 2.24) is 14.8 Å². The summed E-state index contributed by atoms with van der Waals surface area (Å²) in [4.78, 5) is 22.0. The van der Waals surface area contributed by atoms with Gasteiger partial charge in [-0.2, -0.15) is 0 Å². The molecule has 7 nitrogen and oxygen atoms in total. The van der Waals surface area contributed by atoms with Crippen LogP contribution in [0.3, 0.4) is 0 Å². The minimum Gasteiger partial charge on any atom is -0.383 e. The van der Waals surface area contributed by atoms with E-state index in [1.54, 1.807) is 6.20 Å². The van der Waals surface area contributed by atoms with Crippen molar-refractivity contribution in [1.29, 1.82) is 0 Å². The Morgan fingerprint density at radius 2 is 1.81 bits per heavy atom. The highest BCUT2D eigenvalue weighted by Gasteiger charge is 2.39. The molecule has 9 heteroatoms. The van der Waals surface area contributed by atoms with Gasteiger partial charge in [0.25, 0.3) is 0 Å². The van der Waals surface area contributed by atoms with Gasteiger partial charge in [0.1, 0.15) is 5.60 Å². The Bertz CT molecular complexity index is 683. The number of likely N-dealkylation sites (tertiary alicyclic amines) is 2. The number of carbonyl (C=O) groups excluding carboxylic acids is 1. The summed E-state index contributed by atoms with van der Waals surface area (Å²) in [6.45, 7) is 4.41. The van der Waals surface area contributed by atoms with Gasteiger partial charge in [0.2, 0.25) is 5.91 Å². The summed E-state index contributed by atoms with van der Waals surface area (Å²) >= 11 is 0. The van der Waals surface area contributed by atoms with Crippen molar-refractivity contribution in [3.63, 3.8) is 0 Å². The van der Waals surface area contributed by atoms with Crippen LogP contribution in [0.25, 0.3) is 0 Å². The van der Waals surface area contributed by atoms with Crippen LogP contribution in [0.4, 0.5) is 0 Å². The van der Waals surface area contributed by atoms with Crippen molar-refractivity contribution in [2.24, 2.45) is 11.7 Å². The third-order valence-corrected chi connectivity index (χ3v) is 6.91. The van der Waals surface area contributed by atoms with E-state index in [0.717, 1.165) is 52.0 Å². The van der Waals surface area contributed by atoms with Gasteiger partial charge in [0.15, 0.2) is 0 Å². The first-order valence-corrected chi connectivity index (χ1v) is 11.1. The molecule has 1 amide bonds. The van der Waals surface area contributed by atoms with Crippen LogP contribution in [0.2, 0.25) is 0 Å². The van der Waals surface area contributed by atoms with Crippen molar-refractivity contribution in [3.05, 3.63) is 30.1 Å². The molecular formula is C22H36Cl2N4O3. The van der Waals surface area contributed by atoms with Gasteiger partial charge in [-0.3, -0.25) is 14.7 Å². The third-order valence-electron chi connectivity index (χ3n) is 6.91. The first-order valence-electron chi connectivity index (χ1n) is 11.1. The number of hydrogen-bond acceptors (Lipinski definition) is 6. The number of aromatic nitrogens is 1. The van der Waals surface area contributed by atoms with Crippen LogP contribution in [0.15, 0.2) is 24.4 Å². The van der Waals surface area contributed by atoms with E-state index >= 15 is 0 Å². The zero-order chi connectivity index (χ0) is 20.3. The summed E-state index contributed by atoms with van der Waals surface area (Å²) in [6.07, 6.45) is 6.56. The minimum absolute atomic E-state index is 0. The van der Waals surface area contributed by atoms with Gasteiger partial charge >= 0.3 is 0 Å². The standard InChI is InChI=1S/C22H34N4O3.2ClH/c23-18-5-4-17(15-26(16-18)19-6-13-29-14-7-19)21(27)25-11-8-22(28,9-12-25)20-3-1-2-10-24-20;;/h1-3,10,17-19,28H,4-9,11-16,23H2;2*1H/t17-,18+;;/m1../s1. The molecule has 0 saturated carbocycles. The molecule has 1 aromatic heterocycles. The van der Waals surface area contributed by atoms with Gasteiger partial charge < -0.3 is 20.5 Å². The van der Waals surface area contributed by atoms with Crippen LogP contribution in [0.1, 0.15) is 44.2 Å². The van der Waals surface area contributed by atoms with Gasteiger partial charge in [0.05, 0.1) is 11.6 Å². The van der Waals surface area contributed by atoms with Gasteiger partial charge in [-0.1, -0.05) is 6.07 Å². The van der Waals surface area contributed by atoms with Crippen LogP contribution in [-0.2, 0) is 15.1 Å². The second kappa shape index (κ2) is 11.8. The summed E-state index contributed by atoms with van der Waals surface area (Å²) in [5, 5.41) is 11.0. The Kier molecular flexibility index (Phi) is 9.98. The Labute approximate surface area is 197 Å². The molecule has 3 fully saturated rings. The molecule has 4 heterocycles. The molecule has 176 valence electrons. The predicted octanol–water partition coefficient (Wildman–Crippen LogP) is 1.95. The smallest absolute Gasteiger partial charge is 0.226 e. The minimum atomic E-state index is -0.933. The van der Waals surface area contributed by atoms with Crippen LogP contribution < -0.4 is 5.73 Å². The molecule has 0 bridgehead atoms. The topological polar surface area (TPSA) is 91.9 Å². The van der Waals surface area contributed by atoms with E-state index in [0.29, 0.717) is 37.7 Å². The fraction of sp³-hybridized carbons (Fsp3) is 0.727. The largest absolute Gasteiger partial charge is 0.383 e. The average molecular weight is 475 g/mol. The second-order valence-electron chi connectivity index (χ2n) is 8.90. The maximum absolute atomic E-state index is 13.3. The number of nitrogens with two attached hydrogens (primary N) is 1. The molecule has 3 aliphatic heterocycles. The molecule has 31 heavy (non-hydrogen) atoms. The van der Waals surface area contributed by atoms with Gasteiger partial charge in [-0.05, 0) is 50.7 Å². The monoisotopic (exact) mass is 474 g/mol. The van der Waals surface area contributed by atoms with Gasteiger partial charge in [-0.25, -0.2) is 0 Å². The predicted molar refractivity (Wildman–Crippen MR) is 125 cm³/mol. The van der Waals surface area contributed by atoms with E-state index in [1.807, 2.05) is 23.1 Å². The average Bonchev–Trinajstić information content (AvgIpc) is 2.97. The first-order chi connectivity index (χ1) is 14.0. The number of hydrogen-bond donors (Lipinski definition) is 2. The Balaban J connectivity index is 0.00000171. The number of piperidine rings is 1. The third kappa shape index (κ3) is 6.30. The maximum atomic E-state index is 13.3. The summed E-state index contributed by atoms with van der Waals surface area (Å²) in [5.41, 5.74) is 6.11. The van der Waals surface area contributed by atoms with Crippen molar-refractivity contribution >= 4 is 30.7 Å². The Morgan fingerprint density at radius 3 is 2.45 bits per heavy atom. The molecule has 1 aromatic rings. The van der Waals surface area contributed by atoms with Crippen molar-refractivity contribution in [2.45, 2.75) is 56.2 Å².